The van der Waals surface area contributed by atoms with E-state index in [1.54, 1.807) is 17.7 Å². The molecule has 0 aliphatic heterocycles. The van der Waals surface area contributed by atoms with Crippen LogP contribution in [0.5, 0.6) is 0 Å². The number of nitrogens with zero attached hydrogens (tertiary/aromatic N) is 2. The number of nitrogens with one attached hydrogen (secondary N) is 2. The van der Waals surface area contributed by atoms with Crippen molar-refractivity contribution >= 4 is 27.4 Å². The first-order chi connectivity index (χ1) is 8.22. The molecule has 2 N–H and O–H groups in total. The molecule has 0 aromatic carbocycles. The molecule has 2 aromatic rings. The lowest BCUT2D eigenvalue weighted by atomic mass is 10.2. The van der Waals surface area contributed by atoms with Gasteiger partial charge in [-0.1, -0.05) is 6.92 Å². The van der Waals surface area contributed by atoms with Gasteiger partial charge in [0.05, 0.1) is 10.2 Å². The van der Waals surface area contributed by atoms with E-state index in [4.69, 9.17) is 0 Å². The van der Waals surface area contributed by atoms with Gasteiger partial charge in [-0.2, -0.15) is 0 Å². The zero-order valence-corrected chi connectivity index (χ0v) is 11.3. The van der Waals surface area contributed by atoms with E-state index in [0.717, 1.165) is 29.1 Å². The van der Waals surface area contributed by atoms with Crippen LogP contribution in [-0.4, -0.2) is 30.1 Å². The van der Waals surface area contributed by atoms with Gasteiger partial charge in [0.15, 0.2) is 0 Å². The normalized spacial score (nSPS) is 12.9. The summed E-state index contributed by atoms with van der Waals surface area (Å²) in [7, 11) is 1.97. The molecule has 0 spiro atoms. The van der Waals surface area contributed by atoms with E-state index >= 15 is 0 Å². The molecule has 2 rings (SSSR count). The predicted molar refractivity (Wildman–Crippen MR) is 73.7 cm³/mol. The molecule has 0 aliphatic carbocycles. The van der Waals surface area contributed by atoms with E-state index in [2.05, 4.69) is 39.8 Å². The maximum absolute atomic E-state index is 4.32. The monoisotopic (exact) mass is 250 g/mol. The van der Waals surface area contributed by atoms with Crippen LogP contribution in [0.15, 0.2) is 11.7 Å². The summed E-state index contributed by atoms with van der Waals surface area (Å²) < 4.78 is 1.15. The largest absolute Gasteiger partial charge is 0.368 e. The molecule has 0 saturated carbocycles. The molecule has 4 nitrogen and oxygen atoms in total. The molecule has 1 atom stereocenters. The van der Waals surface area contributed by atoms with Gasteiger partial charge in [-0.3, -0.25) is 0 Å². The second-order valence-electron chi connectivity index (χ2n) is 4.36. The van der Waals surface area contributed by atoms with Crippen LogP contribution < -0.4 is 10.6 Å². The topological polar surface area (TPSA) is 49.8 Å². The number of rotatable bonds is 5. The number of hydrogen-bond donors (Lipinski definition) is 2. The molecule has 2 heterocycles. The fraction of sp³-hybridized carbons (Fsp3) is 0.500. The third kappa shape index (κ3) is 2.73. The second-order valence-corrected chi connectivity index (χ2v) is 5.24. The van der Waals surface area contributed by atoms with E-state index in [0.29, 0.717) is 5.92 Å². The van der Waals surface area contributed by atoms with Crippen molar-refractivity contribution in [1.82, 2.24) is 15.3 Å². The standard InChI is InChI=1S/C12H18N4S/c1-8(4-13-3)5-14-12-11-10(15-7-16-12)9(2)6-17-11/h6-8,13H,4-5H2,1-3H3,(H,14,15,16). The first-order valence-electron chi connectivity index (χ1n) is 5.79. The van der Waals surface area contributed by atoms with Crippen LogP contribution in [0.25, 0.3) is 10.2 Å². The van der Waals surface area contributed by atoms with Crippen molar-refractivity contribution in [3.8, 4) is 0 Å². The Morgan fingerprint density at radius 2 is 2.18 bits per heavy atom. The highest BCUT2D eigenvalue weighted by Crippen LogP contribution is 2.28. The summed E-state index contributed by atoms with van der Waals surface area (Å²) in [6.45, 7) is 6.22. The van der Waals surface area contributed by atoms with Gasteiger partial charge in [-0.15, -0.1) is 11.3 Å². The van der Waals surface area contributed by atoms with Crippen molar-refractivity contribution in [2.45, 2.75) is 13.8 Å². The summed E-state index contributed by atoms with van der Waals surface area (Å²) in [6, 6.07) is 0. The van der Waals surface area contributed by atoms with Gasteiger partial charge in [-0.25, -0.2) is 9.97 Å². The van der Waals surface area contributed by atoms with Crippen molar-refractivity contribution in [1.29, 1.82) is 0 Å². The van der Waals surface area contributed by atoms with Gasteiger partial charge in [0.1, 0.15) is 12.1 Å². The van der Waals surface area contributed by atoms with Crippen LogP contribution >= 0.6 is 11.3 Å². The van der Waals surface area contributed by atoms with Crippen LogP contribution in [0.3, 0.4) is 0 Å². The van der Waals surface area contributed by atoms with E-state index in [9.17, 15) is 0 Å². The van der Waals surface area contributed by atoms with Gasteiger partial charge in [0, 0.05) is 6.54 Å². The average molecular weight is 250 g/mol. The maximum atomic E-state index is 4.32. The SMILES string of the molecule is CNCC(C)CNc1ncnc2c(C)csc12. The zero-order valence-electron chi connectivity index (χ0n) is 10.4. The average Bonchev–Trinajstić information content (AvgIpc) is 2.70. The molecule has 5 heteroatoms. The Kier molecular flexibility index (Phi) is 3.91. The van der Waals surface area contributed by atoms with Gasteiger partial charge < -0.3 is 10.6 Å². The second kappa shape index (κ2) is 5.42. The summed E-state index contributed by atoms with van der Waals surface area (Å²) in [5, 5.41) is 8.71. The summed E-state index contributed by atoms with van der Waals surface area (Å²) in [4.78, 5) is 8.63. The molecule has 0 radical (unpaired) electrons. The lowest BCUT2D eigenvalue weighted by molar-refractivity contribution is 0.569. The minimum Gasteiger partial charge on any atom is -0.368 e. The van der Waals surface area contributed by atoms with E-state index < -0.39 is 0 Å². The number of anilines is 1. The fourth-order valence-electron chi connectivity index (χ4n) is 1.79. The minimum absolute atomic E-state index is 0.575. The number of thiophene rings is 1. The molecule has 0 saturated heterocycles. The first kappa shape index (κ1) is 12.3. The lowest BCUT2D eigenvalue weighted by Crippen LogP contribution is -2.23. The molecular weight excluding hydrogens is 232 g/mol. The Morgan fingerprint density at radius 1 is 1.35 bits per heavy atom. The van der Waals surface area contributed by atoms with Crippen LogP contribution in [0, 0.1) is 12.8 Å². The molecule has 1 unspecified atom stereocenters. The van der Waals surface area contributed by atoms with Crippen molar-refractivity contribution in [2.75, 3.05) is 25.5 Å². The molecule has 0 amide bonds. The molecule has 2 aromatic heterocycles. The van der Waals surface area contributed by atoms with Gasteiger partial charge >= 0.3 is 0 Å². The summed E-state index contributed by atoms with van der Waals surface area (Å²) in [5.74, 6) is 1.53. The van der Waals surface area contributed by atoms with Gasteiger partial charge in [0.25, 0.3) is 0 Å². The van der Waals surface area contributed by atoms with E-state index in [-0.39, 0.29) is 0 Å². The maximum Gasteiger partial charge on any atom is 0.147 e. The number of hydrogen-bond acceptors (Lipinski definition) is 5. The smallest absolute Gasteiger partial charge is 0.147 e. The Balaban J connectivity index is 2.13. The Hall–Kier alpha value is -1.20. The molecule has 17 heavy (non-hydrogen) atoms. The lowest BCUT2D eigenvalue weighted by Gasteiger charge is -2.12. The highest BCUT2D eigenvalue weighted by molar-refractivity contribution is 7.18. The molecule has 0 bridgehead atoms. The van der Waals surface area contributed by atoms with Crippen LogP contribution in [-0.2, 0) is 0 Å². The quantitative estimate of drug-likeness (QED) is 0.854. The van der Waals surface area contributed by atoms with Gasteiger partial charge in [-0.05, 0) is 37.4 Å². The summed E-state index contributed by atoms with van der Waals surface area (Å²) in [5.41, 5.74) is 2.28. The predicted octanol–water partition coefficient (Wildman–Crippen LogP) is 2.27. The zero-order chi connectivity index (χ0) is 12.3. The van der Waals surface area contributed by atoms with E-state index in [1.165, 1.54) is 5.56 Å². The van der Waals surface area contributed by atoms with Crippen molar-refractivity contribution < 1.29 is 0 Å². The van der Waals surface area contributed by atoms with Crippen LogP contribution in [0.2, 0.25) is 0 Å². The van der Waals surface area contributed by atoms with Crippen molar-refractivity contribution in [3.05, 3.63) is 17.3 Å². The van der Waals surface area contributed by atoms with Crippen LogP contribution in [0.4, 0.5) is 5.82 Å². The highest BCUT2D eigenvalue weighted by Gasteiger charge is 2.08. The fourth-order valence-corrected chi connectivity index (χ4v) is 2.75. The Morgan fingerprint density at radius 3 is 2.94 bits per heavy atom. The highest BCUT2D eigenvalue weighted by atomic mass is 32.1. The first-order valence-corrected chi connectivity index (χ1v) is 6.67. The number of fused-ring (bicyclic) bond motifs is 1. The molecule has 0 fully saturated rings. The summed E-state index contributed by atoms with van der Waals surface area (Å²) >= 11 is 1.70. The van der Waals surface area contributed by atoms with Gasteiger partial charge in [0.2, 0.25) is 0 Å². The van der Waals surface area contributed by atoms with Crippen LogP contribution in [0.1, 0.15) is 12.5 Å². The van der Waals surface area contributed by atoms with Crippen molar-refractivity contribution in [3.63, 3.8) is 0 Å². The Labute approximate surface area is 105 Å². The number of aromatic nitrogens is 2. The number of aryl methyl sites for hydroxylation is 1. The molecule has 92 valence electrons. The third-order valence-corrected chi connectivity index (χ3v) is 3.80. The molecule has 0 aliphatic rings. The minimum atomic E-state index is 0.575. The Bertz CT molecular complexity index is 494. The molecular formula is C12H18N4S. The van der Waals surface area contributed by atoms with Crippen molar-refractivity contribution in [2.24, 2.45) is 5.92 Å². The van der Waals surface area contributed by atoms with E-state index in [1.807, 2.05) is 7.05 Å². The third-order valence-electron chi connectivity index (χ3n) is 2.70. The summed E-state index contributed by atoms with van der Waals surface area (Å²) in [6.07, 6.45) is 1.63.